The van der Waals surface area contributed by atoms with Crippen LogP contribution >= 0.6 is 24.8 Å². The molecule has 1 heterocycles. The predicted octanol–water partition coefficient (Wildman–Crippen LogP) is 3.21. The Morgan fingerprint density at radius 2 is 1.88 bits per heavy atom. The molecule has 0 aliphatic carbocycles. The zero-order chi connectivity index (χ0) is 16.9. The minimum atomic E-state index is -0.107. The van der Waals surface area contributed by atoms with E-state index in [2.05, 4.69) is 24.1 Å². The first-order chi connectivity index (χ1) is 10.9. The van der Waals surface area contributed by atoms with Gasteiger partial charge in [0, 0.05) is 17.6 Å². The van der Waals surface area contributed by atoms with Crippen LogP contribution in [0.3, 0.4) is 0 Å². The second-order valence-corrected chi connectivity index (χ2v) is 6.41. The number of aryl methyl sites for hydroxylation is 1. The van der Waals surface area contributed by atoms with Gasteiger partial charge in [-0.2, -0.15) is 0 Å². The van der Waals surface area contributed by atoms with Gasteiger partial charge in [0.2, 0.25) is 0 Å². The van der Waals surface area contributed by atoms with E-state index in [9.17, 15) is 10.2 Å². The molecule has 140 valence electrons. The maximum atomic E-state index is 9.52. The number of aromatic nitrogens is 1. The number of aliphatic hydroxyl groups excluding tert-OH is 1. The van der Waals surface area contributed by atoms with Crippen molar-refractivity contribution < 1.29 is 10.2 Å². The van der Waals surface area contributed by atoms with Crippen molar-refractivity contribution in [3.8, 4) is 5.75 Å². The molecule has 0 spiro atoms. The summed E-state index contributed by atoms with van der Waals surface area (Å²) in [6.07, 6.45) is 1.78. The fourth-order valence-corrected chi connectivity index (χ4v) is 2.42. The molecular weight excluding hydrogens is 361 g/mol. The second kappa shape index (κ2) is 10.5. The molecule has 0 radical (unpaired) electrons. The van der Waals surface area contributed by atoms with Crippen molar-refractivity contribution in [1.82, 2.24) is 10.3 Å². The Labute approximate surface area is 161 Å². The molecule has 0 saturated carbocycles. The molecule has 0 amide bonds. The van der Waals surface area contributed by atoms with E-state index in [4.69, 9.17) is 5.73 Å². The molecule has 0 saturated heterocycles. The standard InChI is InChI=1S/C18H25N3O2.2ClH/c1-18(2,9-8-13-4-3-5-15(23)10-13)20-11-16-14(12-22)6-7-17(19)21-16;;/h3-7,10,20,22-23H,8-9,11-12H2,1-2H3,(H2,19,21);2*1H. The number of rotatable bonds is 7. The van der Waals surface area contributed by atoms with Crippen molar-refractivity contribution in [2.75, 3.05) is 5.73 Å². The lowest BCUT2D eigenvalue weighted by molar-refractivity contribution is 0.278. The van der Waals surface area contributed by atoms with E-state index in [1.807, 2.05) is 12.1 Å². The van der Waals surface area contributed by atoms with E-state index in [-0.39, 0.29) is 37.0 Å². The van der Waals surface area contributed by atoms with Crippen LogP contribution < -0.4 is 11.1 Å². The highest BCUT2D eigenvalue weighted by Gasteiger charge is 2.18. The van der Waals surface area contributed by atoms with Crippen LogP contribution in [0.4, 0.5) is 5.82 Å². The number of nitrogens with zero attached hydrogens (tertiary/aromatic N) is 1. The molecule has 5 N–H and O–H groups in total. The molecule has 1 aromatic carbocycles. The van der Waals surface area contributed by atoms with E-state index in [0.29, 0.717) is 18.1 Å². The number of nitrogens with two attached hydrogens (primary N) is 1. The van der Waals surface area contributed by atoms with Gasteiger partial charge in [-0.3, -0.25) is 0 Å². The minimum absolute atomic E-state index is 0. The predicted molar refractivity (Wildman–Crippen MR) is 106 cm³/mol. The smallest absolute Gasteiger partial charge is 0.123 e. The Morgan fingerprint density at radius 3 is 2.52 bits per heavy atom. The van der Waals surface area contributed by atoms with E-state index >= 15 is 0 Å². The molecule has 0 fully saturated rings. The average Bonchev–Trinajstić information content (AvgIpc) is 2.51. The van der Waals surface area contributed by atoms with E-state index in [1.165, 1.54) is 0 Å². The van der Waals surface area contributed by atoms with Gasteiger partial charge in [0.1, 0.15) is 11.6 Å². The number of hydrogen-bond acceptors (Lipinski definition) is 5. The third-order valence-electron chi connectivity index (χ3n) is 3.94. The van der Waals surface area contributed by atoms with Gasteiger partial charge < -0.3 is 21.3 Å². The lowest BCUT2D eigenvalue weighted by atomic mass is 9.95. The third-order valence-corrected chi connectivity index (χ3v) is 3.94. The summed E-state index contributed by atoms with van der Waals surface area (Å²) in [6, 6.07) is 10.8. The molecule has 0 bridgehead atoms. The number of benzene rings is 1. The van der Waals surface area contributed by atoms with Crippen molar-refractivity contribution >= 4 is 30.6 Å². The number of halogens is 2. The van der Waals surface area contributed by atoms with E-state index < -0.39 is 0 Å². The Hall–Kier alpha value is -1.53. The van der Waals surface area contributed by atoms with Crippen LogP contribution in [-0.4, -0.2) is 20.7 Å². The van der Waals surface area contributed by atoms with Crippen molar-refractivity contribution in [2.24, 2.45) is 0 Å². The number of pyridine rings is 1. The first-order valence-corrected chi connectivity index (χ1v) is 7.78. The highest BCUT2D eigenvalue weighted by atomic mass is 35.5. The molecule has 0 unspecified atom stereocenters. The number of nitrogen functional groups attached to an aromatic ring is 1. The largest absolute Gasteiger partial charge is 0.508 e. The average molecular weight is 388 g/mol. The van der Waals surface area contributed by atoms with Crippen LogP contribution in [0.1, 0.15) is 37.1 Å². The molecule has 1 aromatic heterocycles. The highest BCUT2D eigenvalue weighted by Crippen LogP contribution is 2.18. The van der Waals surface area contributed by atoms with Crippen LogP contribution in [0.15, 0.2) is 36.4 Å². The van der Waals surface area contributed by atoms with Crippen molar-refractivity contribution in [1.29, 1.82) is 0 Å². The Balaban J connectivity index is 0.00000288. The topological polar surface area (TPSA) is 91.4 Å². The fourth-order valence-electron chi connectivity index (χ4n) is 2.42. The molecule has 2 aromatic rings. The summed E-state index contributed by atoms with van der Waals surface area (Å²) in [5, 5.41) is 22.4. The lowest BCUT2D eigenvalue weighted by Gasteiger charge is -2.27. The van der Waals surface area contributed by atoms with Crippen molar-refractivity contribution in [3.63, 3.8) is 0 Å². The maximum absolute atomic E-state index is 9.52. The summed E-state index contributed by atoms with van der Waals surface area (Å²) >= 11 is 0. The Kier molecular flexibility index (Phi) is 9.82. The summed E-state index contributed by atoms with van der Waals surface area (Å²) in [4.78, 5) is 4.30. The van der Waals surface area contributed by atoms with Crippen molar-refractivity contribution in [3.05, 3.63) is 53.2 Å². The Morgan fingerprint density at radius 1 is 1.16 bits per heavy atom. The number of hydrogen-bond donors (Lipinski definition) is 4. The van der Waals surface area contributed by atoms with E-state index in [0.717, 1.165) is 29.7 Å². The number of anilines is 1. The number of aromatic hydroxyl groups is 1. The number of aliphatic hydroxyl groups is 1. The monoisotopic (exact) mass is 387 g/mol. The summed E-state index contributed by atoms with van der Waals surface area (Å²) < 4.78 is 0. The lowest BCUT2D eigenvalue weighted by Crippen LogP contribution is -2.39. The molecule has 7 heteroatoms. The highest BCUT2D eigenvalue weighted by molar-refractivity contribution is 5.85. The zero-order valence-corrected chi connectivity index (χ0v) is 16.2. The molecule has 0 atom stereocenters. The van der Waals surface area contributed by atoms with Gasteiger partial charge in [-0.15, -0.1) is 24.8 Å². The first kappa shape index (κ1) is 23.5. The third kappa shape index (κ3) is 7.48. The van der Waals surface area contributed by atoms with Crippen LogP contribution in [0.5, 0.6) is 5.75 Å². The molecule has 5 nitrogen and oxygen atoms in total. The fraction of sp³-hybridized carbons (Fsp3) is 0.389. The molecule has 0 aliphatic rings. The Bertz CT molecular complexity index is 667. The van der Waals surface area contributed by atoms with Gasteiger partial charge in [-0.1, -0.05) is 18.2 Å². The van der Waals surface area contributed by atoms with Crippen LogP contribution in [0.25, 0.3) is 0 Å². The summed E-state index contributed by atoms with van der Waals surface area (Å²) in [7, 11) is 0. The summed E-state index contributed by atoms with van der Waals surface area (Å²) in [5.41, 5.74) is 8.29. The molecular formula is C18H27Cl2N3O2. The number of nitrogens with one attached hydrogen (secondary N) is 1. The molecule has 0 aliphatic heterocycles. The van der Waals surface area contributed by atoms with Gasteiger partial charge in [-0.05, 0) is 50.5 Å². The second-order valence-electron chi connectivity index (χ2n) is 6.41. The maximum Gasteiger partial charge on any atom is 0.123 e. The zero-order valence-electron chi connectivity index (χ0n) is 14.5. The van der Waals surface area contributed by atoms with Gasteiger partial charge in [0.05, 0.1) is 12.3 Å². The molecule has 2 rings (SSSR count). The molecule has 25 heavy (non-hydrogen) atoms. The normalized spacial score (nSPS) is 10.7. The van der Waals surface area contributed by atoms with Gasteiger partial charge in [-0.25, -0.2) is 4.98 Å². The SMILES string of the molecule is CC(C)(CCc1cccc(O)c1)NCc1nc(N)ccc1CO.Cl.Cl. The summed E-state index contributed by atoms with van der Waals surface area (Å²) in [5.74, 6) is 0.751. The van der Waals surface area contributed by atoms with Gasteiger partial charge in [0.15, 0.2) is 0 Å². The van der Waals surface area contributed by atoms with Crippen molar-refractivity contribution in [2.45, 2.75) is 45.4 Å². The van der Waals surface area contributed by atoms with Crippen LogP contribution in [0.2, 0.25) is 0 Å². The van der Waals surface area contributed by atoms with Crippen LogP contribution in [0, 0.1) is 0 Å². The number of phenolic OH excluding ortho intramolecular Hbond substituents is 1. The quantitative estimate of drug-likeness (QED) is 0.585. The van der Waals surface area contributed by atoms with Gasteiger partial charge in [0.25, 0.3) is 0 Å². The summed E-state index contributed by atoms with van der Waals surface area (Å²) in [6.45, 7) is 4.75. The minimum Gasteiger partial charge on any atom is -0.508 e. The first-order valence-electron chi connectivity index (χ1n) is 7.78. The number of phenols is 1. The van der Waals surface area contributed by atoms with Gasteiger partial charge >= 0.3 is 0 Å². The van der Waals surface area contributed by atoms with Crippen LogP contribution in [-0.2, 0) is 19.6 Å². The van der Waals surface area contributed by atoms with E-state index in [1.54, 1.807) is 24.3 Å².